The average molecular weight is 156 g/mol. The van der Waals surface area contributed by atoms with Crippen molar-refractivity contribution in [2.45, 2.75) is 6.92 Å². The summed E-state index contributed by atoms with van der Waals surface area (Å²) in [5.74, 6) is 0.724. The zero-order valence-electron chi connectivity index (χ0n) is 5.94. The molecule has 1 aromatic carbocycles. The van der Waals surface area contributed by atoms with E-state index >= 15 is 0 Å². The number of methoxy groups -OCH3 is 1. The van der Waals surface area contributed by atoms with Gasteiger partial charge >= 0.3 is 0 Å². The molecule has 0 bridgehead atoms. The first kappa shape index (κ1) is 7.42. The molecule has 1 nitrogen and oxygen atoms in total. The molecule has 0 N–H and O–H groups in total. The molecule has 10 heavy (non-hydrogen) atoms. The van der Waals surface area contributed by atoms with Crippen molar-refractivity contribution in [3.8, 4) is 5.75 Å². The summed E-state index contributed by atoms with van der Waals surface area (Å²) in [4.78, 5) is 0. The van der Waals surface area contributed by atoms with E-state index in [1.165, 1.54) is 0 Å². The van der Waals surface area contributed by atoms with Crippen molar-refractivity contribution in [3.05, 3.63) is 28.8 Å². The molecule has 1 rings (SSSR count). The van der Waals surface area contributed by atoms with Gasteiger partial charge in [0, 0.05) is 11.1 Å². The molecular formula is C8H8ClO. The molecule has 0 fully saturated rings. The second kappa shape index (κ2) is 2.93. The van der Waals surface area contributed by atoms with Gasteiger partial charge in [0.25, 0.3) is 0 Å². The number of rotatable bonds is 1. The summed E-state index contributed by atoms with van der Waals surface area (Å²) in [6, 6.07) is 6.43. The predicted molar refractivity (Wildman–Crippen MR) is 41.6 cm³/mol. The normalized spacial score (nSPS) is 9.50. The first-order chi connectivity index (χ1) is 4.74. The molecule has 0 aliphatic rings. The topological polar surface area (TPSA) is 9.23 Å². The second-order valence-corrected chi connectivity index (χ2v) is 2.44. The van der Waals surface area contributed by atoms with Crippen LogP contribution in [0, 0.1) is 13.0 Å². The van der Waals surface area contributed by atoms with Crippen molar-refractivity contribution < 1.29 is 4.74 Å². The average Bonchev–Trinajstić information content (AvgIpc) is 1.95. The maximum absolute atomic E-state index is 5.75. The zero-order chi connectivity index (χ0) is 7.56. The summed E-state index contributed by atoms with van der Waals surface area (Å²) in [7, 11) is 1.61. The van der Waals surface area contributed by atoms with Gasteiger partial charge in [-0.05, 0) is 24.6 Å². The van der Waals surface area contributed by atoms with Crippen molar-refractivity contribution in [1.82, 2.24) is 0 Å². The highest BCUT2D eigenvalue weighted by molar-refractivity contribution is 6.31. The Morgan fingerprint density at radius 2 is 2.30 bits per heavy atom. The van der Waals surface area contributed by atoms with Crippen molar-refractivity contribution in [2.75, 3.05) is 7.11 Å². The molecule has 0 unspecified atom stereocenters. The van der Waals surface area contributed by atoms with Crippen LogP contribution in [0.3, 0.4) is 0 Å². The Labute approximate surface area is 65.6 Å². The highest BCUT2D eigenvalue weighted by Gasteiger charge is 1.95. The molecule has 0 heterocycles. The monoisotopic (exact) mass is 155 g/mol. The minimum Gasteiger partial charge on any atom is -0.496 e. The van der Waals surface area contributed by atoms with Gasteiger partial charge in [-0.2, -0.15) is 0 Å². The van der Waals surface area contributed by atoms with Crippen LogP contribution in [-0.2, 0) is 0 Å². The number of halogens is 1. The van der Waals surface area contributed by atoms with Crippen molar-refractivity contribution in [1.29, 1.82) is 0 Å². The van der Waals surface area contributed by atoms with Crippen LogP contribution in [-0.4, -0.2) is 7.11 Å². The van der Waals surface area contributed by atoms with Gasteiger partial charge in [0.1, 0.15) is 5.75 Å². The van der Waals surface area contributed by atoms with Gasteiger partial charge in [-0.3, -0.25) is 0 Å². The summed E-state index contributed by atoms with van der Waals surface area (Å²) in [5.41, 5.74) is 1.01. The molecule has 0 aliphatic carbocycles. The summed E-state index contributed by atoms with van der Waals surface area (Å²) in [6.07, 6.45) is 0. The molecule has 0 aromatic heterocycles. The van der Waals surface area contributed by atoms with Gasteiger partial charge < -0.3 is 4.74 Å². The molecule has 0 atom stereocenters. The van der Waals surface area contributed by atoms with Gasteiger partial charge in [-0.15, -0.1) is 0 Å². The lowest BCUT2D eigenvalue weighted by atomic mass is 10.2. The highest BCUT2D eigenvalue weighted by Crippen LogP contribution is 2.19. The molecule has 0 amide bonds. The van der Waals surface area contributed by atoms with Crippen LogP contribution in [0.1, 0.15) is 5.56 Å². The van der Waals surface area contributed by atoms with Crippen LogP contribution in [0.4, 0.5) is 0 Å². The number of hydrogen-bond acceptors (Lipinski definition) is 1. The summed E-state index contributed by atoms with van der Waals surface area (Å²) < 4.78 is 4.94. The number of ether oxygens (including phenoxy) is 1. The van der Waals surface area contributed by atoms with E-state index in [-0.39, 0.29) is 0 Å². The summed E-state index contributed by atoms with van der Waals surface area (Å²) in [5, 5.41) is 0.723. The predicted octanol–water partition coefficient (Wildman–Crippen LogP) is 2.46. The van der Waals surface area contributed by atoms with E-state index in [1.54, 1.807) is 13.2 Å². The molecule has 2 heteroatoms. The van der Waals surface area contributed by atoms with E-state index in [9.17, 15) is 0 Å². The lowest BCUT2D eigenvalue weighted by Gasteiger charge is -2.00. The third-order valence-electron chi connectivity index (χ3n) is 1.29. The van der Waals surface area contributed by atoms with Crippen molar-refractivity contribution in [3.63, 3.8) is 0 Å². The Hall–Kier alpha value is -0.690. The SMILES string of the molecule is COc1[c]cc(Cl)c(C)c1. The van der Waals surface area contributed by atoms with Crippen molar-refractivity contribution >= 4 is 11.6 Å². The molecule has 0 saturated heterocycles. The van der Waals surface area contributed by atoms with Crippen LogP contribution >= 0.6 is 11.6 Å². The fraction of sp³-hybridized carbons (Fsp3) is 0.250. The van der Waals surface area contributed by atoms with Crippen molar-refractivity contribution in [2.24, 2.45) is 0 Å². The number of aryl methyl sites for hydroxylation is 1. The standard InChI is InChI=1S/C8H8ClO/c1-6-5-7(10-2)3-4-8(6)9/h4-5H,1-2H3. The van der Waals surface area contributed by atoms with E-state index in [4.69, 9.17) is 16.3 Å². The largest absolute Gasteiger partial charge is 0.496 e. The molecule has 1 radical (unpaired) electrons. The first-order valence-electron chi connectivity index (χ1n) is 2.96. The van der Waals surface area contributed by atoms with Gasteiger partial charge in [-0.25, -0.2) is 0 Å². The Balaban J connectivity index is 3.04. The Kier molecular flexibility index (Phi) is 2.17. The van der Waals surface area contributed by atoms with Gasteiger partial charge in [0.05, 0.1) is 7.11 Å². The Morgan fingerprint density at radius 3 is 2.80 bits per heavy atom. The van der Waals surface area contributed by atoms with E-state index in [2.05, 4.69) is 6.07 Å². The van der Waals surface area contributed by atoms with E-state index in [0.29, 0.717) is 0 Å². The van der Waals surface area contributed by atoms with Gasteiger partial charge in [0.2, 0.25) is 0 Å². The molecule has 1 aromatic rings. The van der Waals surface area contributed by atoms with Gasteiger partial charge in [0.15, 0.2) is 0 Å². The van der Waals surface area contributed by atoms with E-state index in [1.807, 2.05) is 13.0 Å². The maximum atomic E-state index is 5.75. The second-order valence-electron chi connectivity index (χ2n) is 2.03. The van der Waals surface area contributed by atoms with Crippen LogP contribution in [0.2, 0.25) is 5.02 Å². The smallest absolute Gasteiger partial charge is 0.127 e. The van der Waals surface area contributed by atoms with Gasteiger partial charge in [-0.1, -0.05) is 11.6 Å². The molecule has 0 aliphatic heterocycles. The van der Waals surface area contributed by atoms with Crippen LogP contribution < -0.4 is 4.74 Å². The third kappa shape index (κ3) is 1.42. The van der Waals surface area contributed by atoms with E-state index in [0.717, 1.165) is 16.3 Å². The summed E-state index contributed by atoms with van der Waals surface area (Å²) in [6.45, 7) is 1.93. The number of hydrogen-bond donors (Lipinski definition) is 0. The lowest BCUT2D eigenvalue weighted by Crippen LogP contribution is -1.83. The molecule has 53 valence electrons. The molecular weight excluding hydrogens is 148 g/mol. The first-order valence-corrected chi connectivity index (χ1v) is 3.33. The van der Waals surface area contributed by atoms with Crippen LogP contribution in [0.5, 0.6) is 5.75 Å². The highest BCUT2D eigenvalue weighted by atomic mass is 35.5. The minimum absolute atomic E-state index is 0.723. The van der Waals surface area contributed by atoms with Crippen LogP contribution in [0.25, 0.3) is 0 Å². The molecule has 0 saturated carbocycles. The third-order valence-corrected chi connectivity index (χ3v) is 1.69. The number of benzene rings is 1. The maximum Gasteiger partial charge on any atom is 0.127 e. The lowest BCUT2D eigenvalue weighted by molar-refractivity contribution is 0.413. The quantitative estimate of drug-likeness (QED) is 0.606. The summed E-state index contributed by atoms with van der Waals surface area (Å²) >= 11 is 5.75. The molecule has 0 spiro atoms. The van der Waals surface area contributed by atoms with E-state index < -0.39 is 0 Å². The minimum atomic E-state index is 0.723. The fourth-order valence-corrected chi connectivity index (χ4v) is 0.783. The Bertz CT molecular complexity index is 233. The van der Waals surface area contributed by atoms with Crippen LogP contribution in [0.15, 0.2) is 12.1 Å². The zero-order valence-corrected chi connectivity index (χ0v) is 6.70. The fourth-order valence-electron chi connectivity index (χ4n) is 0.673. The Morgan fingerprint density at radius 1 is 1.60 bits per heavy atom.